The number of hydrogen-bond donors (Lipinski definition) is 0. The minimum atomic E-state index is -1.41. The van der Waals surface area contributed by atoms with Gasteiger partial charge in [0.2, 0.25) is 12.2 Å². The van der Waals surface area contributed by atoms with Gasteiger partial charge in [0.1, 0.15) is 5.01 Å². The van der Waals surface area contributed by atoms with Crippen molar-refractivity contribution in [3.63, 3.8) is 0 Å². The minimum Gasteiger partial charge on any atom is -0.466 e. The van der Waals surface area contributed by atoms with Gasteiger partial charge in [-0.05, 0) is 12.1 Å². The molecule has 0 saturated carbocycles. The Labute approximate surface area is 136 Å². The van der Waals surface area contributed by atoms with Crippen LogP contribution in [0.25, 0.3) is 10.2 Å². The molecule has 0 aliphatic carbocycles. The Morgan fingerprint density at radius 2 is 1.74 bits per heavy atom. The lowest BCUT2D eigenvalue weighted by molar-refractivity contribution is -0.180. The fourth-order valence-corrected chi connectivity index (χ4v) is 2.98. The van der Waals surface area contributed by atoms with Crippen molar-refractivity contribution in [3.8, 4) is 0 Å². The smallest absolute Gasteiger partial charge is 0.351 e. The van der Waals surface area contributed by atoms with Crippen LogP contribution in [0, 0.1) is 0 Å². The summed E-state index contributed by atoms with van der Waals surface area (Å²) in [6, 6.07) is 7.30. The molecule has 0 radical (unpaired) electrons. The van der Waals surface area contributed by atoms with E-state index in [1.807, 2.05) is 18.2 Å². The van der Waals surface area contributed by atoms with E-state index >= 15 is 0 Å². The summed E-state index contributed by atoms with van der Waals surface area (Å²) in [7, 11) is 1.15. The standard InChI is InChI=1S/C15H15NO6S/c1-8(17)21-12(13(15(19)20-3)22-9(2)18)14-16-10-6-4-5-7-11(10)23-14/h4-7,12-13H,1-3H3/t12-,13-/m0/s1. The van der Waals surface area contributed by atoms with E-state index in [1.165, 1.54) is 18.3 Å². The normalized spacial score (nSPS) is 13.2. The van der Waals surface area contributed by atoms with Gasteiger partial charge in [0.25, 0.3) is 0 Å². The Balaban J connectivity index is 2.46. The lowest BCUT2D eigenvalue weighted by Crippen LogP contribution is -2.36. The minimum absolute atomic E-state index is 0.345. The van der Waals surface area contributed by atoms with Crippen molar-refractivity contribution in [2.75, 3.05) is 7.11 Å². The van der Waals surface area contributed by atoms with Crippen LogP contribution >= 0.6 is 11.3 Å². The Kier molecular flexibility index (Phi) is 5.28. The number of thiazole rings is 1. The molecule has 0 unspecified atom stereocenters. The van der Waals surface area contributed by atoms with Crippen LogP contribution < -0.4 is 0 Å². The van der Waals surface area contributed by atoms with Crippen molar-refractivity contribution < 1.29 is 28.6 Å². The van der Waals surface area contributed by atoms with Gasteiger partial charge >= 0.3 is 17.9 Å². The first-order chi connectivity index (χ1) is 10.9. The number of ether oxygens (including phenoxy) is 3. The number of benzene rings is 1. The van der Waals surface area contributed by atoms with Crippen LogP contribution in [-0.2, 0) is 28.6 Å². The summed E-state index contributed by atoms with van der Waals surface area (Å²) in [6.07, 6.45) is -2.58. The molecular formula is C15H15NO6S. The van der Waals surface area contributed by atoms with E-state index in [0.717, 1.165) is 18.7 Å². The Bertz CT molecular complexity index is 707. The monoisotopic (exact) mass is 337 g/mol. The zero-order valence-corrected chi connectivity index (χ0v) is 13.6. The van der Waals surface area contributed by atoms with Crippen LogP contribution in [0.4, 0.5) is 0 Å². The Hall–Kier alpha value is -2.48. The number of hydrogen-bond acceptors (Lipinski definition) is 8. The SMILES string of the molecule is COC(=O)[C@@H](OC(C)=O)[C@H](OC(C)=O)c1nc2ccccc2s1. The molecule has 0 aliphatic rings. The molecule has 0 spiro atoms. The maximum absolute atomic E-state index is 11.9. The first-order valence-corrected chi connectivity index (χ1v) is 7.51. The average molecular weight is 337 g/mol. The molecule has 7 nitrogen and oxygen atoms in total. The molecule has 0 fully saturated rings. The summed E-state index contributed by atoms with van der Waals surface area (Å²) >= 11 is 1.24. The molecule has 8 heteroatoms. The molecule has 0 bridgehead atoms. The highest BCUT2D eigenvalue weighted by molar-refractivity contribution is 7.18. The van der Waals surface area contributed by atoms with Gasteiger partial charge in [-0.15, -0.1) is 11.3 Å². The number of fused-ring (bicyclic) bond motifs is 1. The molecule has 0 aliphatic heterocycles. The van der Waals surface area contributed by atoms with Gasteiger partial charge in [-0.3, -0.25) is 9.59 Å². The van der Waals surface area contributed by atoms with Crippen LogP contribution in [0.15, 0.2) is 24.3 Å². The Morgan fingerprint density at radius 1 is 1.09 bits per heavy atom. The zero-order valence-electron chi connectivity index (χ0n) is 12.8. The lowest BCUT2D eigenvalue weighted by Gasteiger charge is -2.22. The van der Waals surface area contributed by atoms with Crippen molar-refractivity contribution in [3.05, 3.63) is 29.3 Å². The highest BCUT2D eigenvalue weighted by Gasteiger charge is 2.38. The van der Waals surface area contributed by atoms with Gasteiger partial charge in [0.15, 0.2) is 0 Å². The maximum atomic E-state index is 11.9. The largest absolute Gasteiger partial charge is 0.466 e. The number of nitrogens with zero attached hydrogens (tertiary/aromatic N) is 1. The van der Waals surface area contributed by atoms with Crippen molar-refractivity contribution in [1.82, 2.24) is 4.98 Å². The van der Waals surface area contributed by atoms with Crippen LogP contribution in [0.5, 0.6) is 0 Å². The number of para-hydroxylation sites is 1. The second-order valence-electron chi connectivity index (χ2n) is 4.60. The summed E-state index contributed by atoms with van der Waals surface area (Å²) in [4.78, 5) is 39.0. The van der Waals surface area contributed by atoms with Gasteiger partial charge < -0.3 is 14.2 Å². The summed E-state index contributed by atoms with van der Waals surface area (Å²) in [5.41, 5.74) is 0.691. The molecule has 2 aromatic rings. The highest BCUT2D eigenvalue weighted by Crippen LogP contribution is 2.32. The van der Waals surface area contributed by atoms with Crippen LogP contribution in [0.3, 0.4) is 0 Å². The van der Waals surface area contributed by atoms with Gasteiger partial charge in [-0.1, -0.05) is 12.1 Å². The molecule has 2 rings (SSSR count). The van der Waals surface area contributed by atoms with Crippen molar-refractivity contribution >= 4 is 39.5 Å². The predicted octanol–water partition coefficient (Wildman–Crippen LogP) is 2.01. The van der Waals surface area contributed by atoms with E-state index in [1.54, 1.807) is 6.07 Å². The average Bonchev–Trinajstić information content (AvgIpc) is 2.93. The number of carbonyl (C=O) groups excluding carboxylic acids is 3. The van der Waals surface area contributed by atoms with Crippen LogP contribution in [-0.4, -0.2) is 36.1 Å². The van der Waals surface area contributed by atoms with Gasteiger partial charge in [-0.2, -0.15) is 0 Å². The molecule has 0 N–H and O–H groups in total. The third-order valence-corrected chi connectivity index (χ3v) is 3.95. The molecule has 1 heterocycles. The zero-order chi connectivity index (χ0) is 17.0. The van der Waals surface area contributed by atoms with Gasteiger partial charge in [-0.25, -0.2) is 9.78 Å². The fraction of sp³-hybridized carbons (Fsp3) is 0.333. The number of esters is 3. The molecular weight excluding hydrogens is 322 g/mol. The van der Waals surface area contributed by atoms with E-state index in [4.69, 9.17) is 9.47 Å². The van der Waals surface area contributed by atoms with Gasteiger partial charge in [0.05, 0.1) is 17.3 Å². The van der Waals surface area contributed by atoms with E-state index in [2.05, 4.69) is 9.72 Å². The number of methoxy groups -OCH3 is 1. The molecule has 23 heavy (non-hydrogen) atoms. The molecule has 0 amide bonds. The third kappa shape index (κ3) is 4.04. The molecule has 1 aromatic heterocycles. The predicted molar refractivity (Wildman–Crippen MR) is 81.7 cm³/mol. The second kappa shape index (κ2) is 7.19. The van der Waals surface area contributed by atoms with Gasteiger partial charge in [0, 0.05) is 13.8 Å². The summed E-state index contributed by atoms with van der Waals surface area (Å²) in [6.45, 7) is 2.35. The Morgan fingerprint density at radius 3 is 2.30 bits per heavy atom. The summed E-state index contributed by atoms with van der Waals surface area (Å²) in [5, 5.41) is 0.345. The van der Waals surface area contributed by atoms with E-state index in [-0.39, 0.29) is 0 Å². The fourth-order valence-electron chi connectivity index (χ4n) is 1.96. The van der Waals surface area contributed by atoms with E-state index in [0.29, 0.717) is 10.5 Å². The molecule has 1 aromatic carbocycles. The maximum Gasteiger partial charge on any atom is 0.351 e. The topological polar surface area (TPSA) is 91.8 Å². The van der Waals surface area contributed by atoms with Crippen molar-refractivity contribution in [1.29, 1.82) is 0 Å². The van der Waals surface area contributed by atoms with Crippen molar-refractivity contribution in [2.24, 2.45) is 0 Å². The number of aromatic nitrogens is 1. The highest BCUT2D eigenvalue weighted by atomic mass is 32.1. The van der Waals surface area contributed by atoms with Crippen LogP contribution in [0.1, 0.15) is 25.0 Å². The quantitative estimate of drug-likeness (QED) is 0.608. The number of rotatable bonds is 5. The first kappa shape index (κ1) is 16.9. The molecule has 2 atom stereocenters. The first-order valence-electron chi connectivity index (χ1n) is 6.70. The van der Waals surface area contributed by atoms with Crippen molar-refractivity contribution in [2.45, 2.75) is 26.1 Å². The second-order valence-corrected chi connectivity index (χ2v) is 5.67. The van der Waals surface area contributed by atoms with Crippen LogP contribution in [0.2, 0.25) is 0 Å². The molecule has 0 saturated heterocycles. The molecule has 122 valence electrons. The van der Waals surface area contributed by atoms with E-state index in [9.17, 15) is 14.4 Å². The lowest BCUT2D eigenvalue weighted by atomic mass is 10.2. The summed E-state index contributed by atoms with van der Waals surface area (Å²) in [5.74, 6) is -2.15. The number of carbonyl (C=O) groups is 3. The van der Waals surface area contributed by atoms with E-state index < -0.39 is 30.1 Å². The summed E-state index contributed by atoms with van der Waals surface area (Å²) < 4.78 is 15.7. The third-order valence-electron chi connectivity index (χ3n) is 2.85.